The van der Waals surface area contributed by atoms with Crippen LogP contribution in [0.1, 0.15) is 30.9 Å². The monoisotopic (exact) mass is 246 g/mol. The van der Waals surface area contributed by atoms with E-state index < -0.39 is 0 Å². The molecule has 0 spiro atoms. The maximum Gasteiger partial charge on any atom is 0.236 e. The van der Waals surface area contributed by atoms with Gasteiger partial charge in [-0.1, -0.05) is 37.6 Å². The first-order valence-corrected chi connectivity index (χ1v) is 6.86. The Morgan fingerprint density at radius 2 is 2.11 bits per heavy atom. The molecule has 0 atom stereocenters. The summed E-state index contributed by atoms with van der Waals surface area (Å²) in [4.78, 5) is 14.0. The van der Waals surface area contributed by atoms with Crippen LogP contribution in [-0.2, 0) is 17.8 Å². The van der Waals surface area contributed by atoms with Gasteiger partial charge in [-0.3, -0.25) is 4.79 Å². The highest BCUT2D eigenvalue weighted by atomic mass is 16.2. The molecule has 1 aliphatic rings. The zero-order valence-electron chi connectivity index (χ0n) is 11.1. The largest absolute Gasteiger partial charge is 0.337 e. The fraction of sp³-hybridized carbons (Fsp3) is 0.533. The Morgan fingerprint density at radius 3 is 2.89 bits per heavy atom. The number of unbranched alkanes of at least 4 members (excludes halogenated alkanes) is 1. The standard InChI is InChI=1S/C15H22N2O/c1-2-3-9-16-11-15(18)17-10-8-13-6-4-5-7-14(13)12-17/h4-7,16H,2-3,8-12H2,1H3. The molecule has 0 aliphatic carbocycles. The minimum absolute atomic E-state index is 0.223. The van der Waals surface area contributed by atoms with Crippen molar-refractivity contribution in [2.75, 3.05) is 19.6 Å². The molecule has 1 aromatic carbocycles. The van der Waals surface area contributed by atoms with E-state index in [1.54, 1.807) is 0 Å². The predicted molar refractivity (Wildman–Crippen MR) is 73.3 cm³/mol. The summed E-state index contributed by atoms with van der Waals surface area (Å²) in [5.41, 5.74) is 2.69. The minimum atomic E-state index is 0.223. The van der Waals surface area contributed by atoms with Crippen molar-refractivity contribution in [3.8, 4) is 0 Å². The van der Waals surface area contributed by atoms with Gasteiger partial charge in [0, 0.05) is 13.1 Å². The fourth-order valence-corrected chi connectivity index (χ4v) is 2.32. The van der Waals surface area contributed by atoms with E-state index in [4.69, 9.17) is 0 Å². The molecule has 1 N–H and O–H groups in total. The smallest absolute Gasteiger partial charge is 0.236 e. The highest BCUT2D eigenvalue weighted by Crippen LogP contribution is 2.18. The van der Waals surface area contributed by atoms with Crippen molar-refractivity contribution >= 4 is 5.91 Å². The molecular weight excluding hydrogens is 224 g/mol. The van der Waals surface area contributed by atoms with E-state index in [2.05, 4.69) is 30.4 Å². The topological polar surface area (TPSA) is 32.3 Å². The first kappa shape index (κ1) is 13.1. The van der Waals surface area contributed by atoms with Gasteiger partial charge in [0.15, 0.2) is 0 Å². The minimum Gasteiger partial charge on any atom is -0.337 e. The number of amides is 1. The molecule has 0 saturated heterocycles. The van der Waals surface area contributed by atoms with Crippen molar-refractivity contribution in [2.45, 2.75) is 32.7 Å². The first-order valence-electron chi connectivity index (χ1n) is 6.86. The van der Waals surface area contributed by atoms with E-state index in [1.807, 2.05) is 11.0 Å². The third kappa shape index (κ3) is 3.33. The number of hydrogen-bond acceptors (Lipinski definition) is 2. The molecule has 3 heteroatoms. The van der Waals surface area contributed by atoms with Crippen LogP contribution < -0.4 is 5.32 Å². The van der Waals surface area contributed by atoms with Gasteiger partial charge >= 0.3 is 0 Å². The first-order chi connectivity index (χ1) is 8.81. The van der Waals surface area contributed by atoms with E-state index in [0.29, 0.717) is 6.54 Å². The molecule has 2 rings (SSSR count). The average molecular weight is 246 g/mol. The molecular formula is C15H22N2O. The van der Waals surface area contributed by atoms with Crippen LogP contribution in [-0.4, -0.2) is 30.4 Å². The second-order valence-corrected chi connectivity index (χ2v) is 4.86. The van der Waals surface area contributed by atoms with Crippen LogP contribution >= 0.6 is 0 Å². The third-order valence-electron chi connectivity index (χ3n) is 3.47. The number of carbonyl (C=O) groups is 1. The van der Waals surface area contributed by atoms with Gasteiger partial charge < -0.3 is 10.2 Å². The Bertz CT molecular complexity index is 403. The lowest BCUT2D eigenvalue weighted by molar-refractivity contribution is -0.131. The van der Waals surface area contributed by atoms with Gasteiger partial charge in [0.1, 0.15) is 0 Å². The molecule has 0 bridgehead atoms. The predicted octanol–water partition coefficient (Wildman–Crippen LogP) is 1.96. The zero-order valence-corrected chi connectivity index (χ0v) is 11.1. The van der Waals surface area contributed by atoms with E-state index in [0.717, 1.165) is 38.9 Å². The quantitative estimate of drug-likeness (QED) is 0.806. The Hall–Kier alpha value is -1.35. The second kappa shape index (κ2) is 6.55. The normalized spacial score (nSPS) is 14.4. The maximum atomic E-state index is 12.0. The lowest BCUT2D eigenvalue weighted by Crippen LogP contribution is -2.41. The van der Waals surface area contributed by atoms with E-state index in [-0.39, 0.29) is 5.91 Å². The molecule has 3 nitrogen and oxygen atoms in total. The summed E-state index contributed by atoms with van der Waals surface area (Å²) in [5.74, 6) is 0.223. The molecule has 1 amide bonds. The van der Waals surface area contributed by atoms with Crippen LogP contribution in [0.2, 0.25) is 0 Å². The van der Waals surface area contributed by atoms with Crippen molar-refractivity contribution < 1.29 is 4.79 Å². The molecule has 0 unspecified atom stereocenters. The summed E-state index contributed by atoms with van der Waals surface area (Å²) in [7, 11) is 0. The molecule has 1 heterocycles. The highest BCUT2D eigenvalue weighted by Gasteiger charge is 2.19. The molecule has 0 radical (unpaired) electrons. The van der Waals surface area contributed by atoms with Gasteiger partial charge in [-0.15, -0.1) is 0 Å². The molecule has 98 valence electrons. The Kier molecular flexibility index (Phi) is 4.76. The van der Waals surface area contributed by atoms with Gasteiger partial charge in [0.2, 0.25) is 5.91 Å². The average Bonchev–Trinajstić information content (AvgIpc) is 2.43. The number of rotatable bonds is 5. The van der Waals surface area contributed by atoms with E-state index in [9.17, 15) is 4.79 Å². The fourth-order valence-electron chi connectivity index (χ4n) is 2.32. The number of hydrogen-bond donors (Lipinski definition) is 1. The summed E-state index contributed by atoms with van der Waals surface area (Å²) in [6, 6.07) is 8.41. The lowest BCUT2D eigenvalue weighted by Gasteiger charge is -2.29. The van der Waals surface area contributed by atoms with Crippen molar-refractivity contribution in [3.05, 3.63) is 35.4 Å². The molecule has 18 heavy (non-hydrogen) atoms. The number of nitrogens with one attached hydrogen (secondary N) is 1. The van der Waals surface area contributed by atoms with Gasteiger partial charge in [0.25, 0.3) is 0 Å². The van der Waals surface area contributed by atoms with Gasteiger partial charge in [0.05, 0.1) is 6.54 Å². The van der Waals surface area contributed by atoms with Gasteiger partial charge in [-0.05, 0) is 30.5 Å². The molecule has 0 fully saturated rings. The van der Waals surface area contributed by atoms with Crippen molar-refractivity contribution in [1.82, 2.24) is 10.2 Å². The number of carbonyl (C=O) groups excluding carboxylic acids is 1. The maximum absolute atomic E-state index is 12.0. The van der Waals surface area contributed by atoms with Crippen LogP contribution in [0.15, 0.2) is 24.3 Å². The SMILES string of the molecule is CCCCNCC(=O)N1CCc2ccccc2C1. The van der Waals surface area contributed by atoms with Crippen LogP contribution in [0, 0.1) is 0 Å². The van der Waals surface area contributed by atoms with Crippen LogP contribution in [0.25, 0.3) is 0 Å². The Labute approximate surface area is 109 Å². The number of benzene rings is 1. The zero-order chi connectivity index (χ0) is 12.8. The second-order valence-electron chi connectivity index (χ2n) is 4.86. The number of fused-ring (bicyclic) bond motifs is 1. The summed E-state index contributed by atoms with van der Waals surface area (Å²) < 4.78 is 0. The summed E-state index contributed by atoms with van der Waals surface area (Å²) >= 11 is 0. The molecule has 0 saturated carbocycles. The Morgan fingerprint density at radius 1 is 1.33 bits per heavy atom. The summed E-state index contributed by atoms with van der Waals surface area (Å²) in [5, 5.41) is 3.22. The van der Waals surface area contributed by atoms with E-state index in [1.165, 1.54) is 11.1 Å². The van der Waals surface area contributed by atoms with Gasteiger partial charge in [-0.25, -0.2) is 0 Å². The van der Waals surface area contributed by atoms with Gasteiger partial charge in [-0.2, -0.15) is 0 Å². The molecule has 0 aromatic heterocycles. The van der Waals surface area contributed by atoms with E-state index >= 15 is 0 Å². The van der Waals surface area contributed by atoms with Crippen molar-refractivity contribution in [1.29, 1.82) is 0 Å². The van der Waals surface area contributed by atoms with Crippen molar-refractivity contribution in [2.24, 2.45) is 0 Å². The molecule has 1 aromatic rings. The van der Waals surface area contributed by atoms with Crippen LogP contribution in [0.5, 0.6) is 0 Å². The van der Waals surface area contributed by atoms with Crippen LogP contribution in [0.3, 0.4) is 0 Å². The third-order valence-corrected chi connectivity index (χ3v) is 3.47. The van der Waals surface area contributed by atoms with Crippen LogP contribution in [0.4, 0.5) is 0 Å². The summed E-state index contributed by atoms with van der Waals surface area (Å²) in [6.45, 7) is 5.19. The Balaban J connectivity index is 1.83. The van der Waals surface area contributed by atoms with Crippen molar-refractivity contribution in [3.63, 3.8) is 0 Å². The molecule has 1 aliphatic heterocycles. The summed E-state index contributed by atoms with van der Waals surface area (Å²) in [6.07, 6.45) is 3.28. The highest BCUT2D eigenvalue weighted by molar-refractivity contribution is 5.78. The number of nitrogens with zero attached hydrogens (tertiary/aromatic N) is 1. The lowest BCUT2D eigenvalue weighted by atomic mass is 10.00.